The summed E-state index contributed by atoms with van der Waals surface area (Å²) in [5.74, 6) is -0.250. The van der Waals surface area contributed by atoms with E-state index in [0.29, 0.717) is 35.8 Å². The standard InChI is InChI=1S/C21H17N3O4S/c1-2-19-23-24-21(28-19)29-18(20(25)26)11-14-7-9-17(10-8-14)27-13-16-5-3-15(12-22)4-6-16/h3-11H,2,13H2,1H3,(H,25,26)/p-1/b18-11-. The molecule has 0 radical (unpaired) electrons. The van der Waals surface area contributed by atoms with E-state index in [-0.39, 0.29) is 10.1 Å². The number of aryl methyl sites for hydroxylation is 1. The van der Waals surface area contributed by atoms with E-state index in [1.807, 2.05) is 19.1 Å². The zero-order valence-corrected chi connectivity index (χ0v) is 16.3. The lowest BCUT2D eigenvalue weighted by Gasteiger charge is -2.08. The summed E-state index contributed by atoms with van der Waals surface area (Å²) < 4.78 is 11.0. The van der Waals surface area contributed by atoms with Gasteiger partial charge in [0.1, 0.15) is 12.4 Å². The van der Waals surface area contributed by atoms with E-state index < -0.39 is 5.97 Å². The van der Waals surface area contributed by atoms with Crippen LogP contribution in [0.3, 0.4) is 0 Å². The molecule has 146 valence electrons. The second-order valence-electron chi connectivity index (χ2n) is 5.88. The number of carbonyl (C=O) groups excluding carboxylic acids is 1. The molecule has 0 bridgehead atoms. The maximum Gasteiger partial charge on any atom is 0.281 e. The number of hydrogen-bond donors (Lipinski definition) is 0. The van der Waals surface area contributed by atoms with Gasteiger partial charge in [-0.3, -0.25) is 0 Å². The molecule has 3 aromatic rings. The highest BCUT2D eigenvalue weighted by molar-refractivity contribution is 8.03. The Morgan fingerprint density at radius 3 is 2.52 bits per heavy atom. The third-order valence-electron chi connectivity index (χ3n) is 3.82. The van der Waals surface area contributed by atoms with Gasteiger partial charge in [0.15, 0.2) is 0 Å². The van der Waals surface area contributed by atoms with Crippen molar-refractivity contribution in [3.8, 4) is 11.8 Å². The summed E-state index contributed by atoms with van der Waals surface area (Å²) in [5, 5.41) is 28.0. The van der Waals surface area contributed by atoms with Crippen molar-refractivity contribution >= 4 is 23.8 Å². The Bertz CT molecular complexity index is 1050. The van der Waals surface area contributed by atoms with Gasteiger partial charge >= 0.3 is 0 Å². The van der Waals surface area contributed by atoms with Crippen molar-refractivity contribution in [2.24, 2.45) is 0 Å². The van der Waals surface area contributed by atoms with E-state index in [0.717, 1.165) is 17.3 Å². The van der Waals surface area contributed by atoms with E-state index in [4.69, 9.17) is 14.4 Å². The summed E-state index contributed by atoms with van der Waals surface area (Å²) in [6.45, 7) is 2.22. The van der Waals surface area contributed by atoms with Crippen LogP contribution in [0.4, 0.5) is 0 Å². The predicted octanol–water partition coefficient (Wildman–Crippen LogP) is 2.97. The lowest BCUT2D eigenvalue weighted by Crippen LogP contribution is -2.23. The molecule has 0 atom stereocenters. The summed E-state index contributed by atoms with van der Waals surface area (Å²) in [7, 11) is 0. The van der Waals surface area contributed by atoms with Crippen LogP contribution in [0.2, 0.25) is 0 Å². The summed E-state index contributed by atoms with van der Waals surface area (Å²) in [5.41, 5.74) is 2.20. The van der Waals surface area contributed by atoms with Gasteiger partial charge in [-0.1, -0.05) is 31.2 Å². The number of rotatable bonds is 8. The number of ether oxygens (including phenoxy) is 1. The fraction of sp³-hybridized carbons (Fsp3) is 0.143. The number of carbonyl (C=O) groups is 1. The Morgan fingerprint density at radius 2 is 1.93 bits per heavy atom. The normalized spacial score (nSPS) is 11.1. The van der Waals surface area contributed by atoms with E-state index in [1.54, 1.807) is 36.4 Å². The van der Waals surface area contributed by atoms with Gasteiger partial charge < -0.3 is 19.1 Å². The molecule has 0 unspecified atom stereocenters. The topological polar surface area (TPSA) is 112 Å². The molecule has 7 nitrogen and oxygen atoms in total. The quantitative estimate of drug-likeness (QED) is 0.414. The summed E-state index contributed by atoms with van der Waals surface area (Å²) in [6.07, 6.45) is 2.04. The molecule has 0 fully saturated rings. The Kier molecular flexibility index (Phi) is 6.66. The van der Waals surface area contributed by atoms with Crippen molar-refractivity contribution in [2.75, 3.05) is 0 Å². The lowest BCUT2D eigenvalue weighted by molar-refractivity contribution is -0.298. The zero-order valence-electron chi connectivity index (χ0n) is 15.5. The van der Waals surface area contributed by atoms with E-state index in [2.05, 4.69) is 16.3 Å². The van der Waals surface area contributed by atoms with Crippen LogP contribution in [-0.2, 0) is 17.8 Å². The average Bonchev–Trinajstić information content (AvgIpc) is 3.21. The van der Waals surface area contributed by atoms with Gasteiger partial charge in [-0.25, -0.2) is 0 Å². The smallest absolute Gasteiger partial charge is 0.281 e. The van der Waals surface area contributed by atoms with Gasteiger partial charge in [-0.15, -0.1) is 10.2 Å². The highest BCUT2D eigenvalue weighted by Gasteiger charge is 2.10. The lowest BCUT2D eigenvalue weighted by atomic mass is 10.1. The van der Waals surface area contributed by atoms with Gasteiger partial charge in [0, 0.05) is 11.3 Å². The van der Waals surface area contributed by atoms with Crippen molar-refractivity contribution in [1.82, 2.24) is 10.2 Å². The predicted molar refractivity (Wildman–Crippen MR) is 104 cm³/mol. The van der Waals surface area contributed by atoms with Crippen molar-refractivity contribution in [2.45, 2.75) is 25.2 Å². The zero-order chi connectivity index (χ0) is 20.6. The molecule has 0 saturated carbocycles. The fourth-order valence-corrected chi connectivity index (χ4v) is 2.99. The molecule has 3 rings (SSSR count). The van der Waals surface area contributed by atoms with Gasteiger partial charge in [0.25, 0.3) is 5.22 Å². The maximum absolute atomic E-state index is 11.4. The number of aliphatic carboxylic acids is 1. The first-order valence-electron chi connectivity index (χ1n) is 8.72. The molecule has 0 saturated heterocycles. The Labute approximate surface area is 171 Å². The molecule has 0 aliphatic carbocycles. The van der Waals surface area contributed by atoms with Crippen molar-refractivity contribution in [1.29, 1.82) is 5.26 Å². The van der Waals surface area contributed by atoms with E-state index >= 15 is 0 Å². The van der Waals surface area contributed by atoms with Gasteiger partial charge in [0.05, 0.1) is 17.6 Å². The molecule has 2 aromatic carbocycles. The molecule has 1 heterocycles. The molecule has 1 aromatic heterocycles. The summed E-state index contributed by atoms with van der Waals surface area (Å²) in [4.78, 5) is 11.4. The molecule has 29 heavy (non-hydrogen) atoms. The number of thioether (sulfide) groups is 1. The Balaban J connectivity index is 1.65. The Hall–Kier alpha value is -3.57. The molecule has 0 spiro atoms. The largest absolute Gasteiger partial charge is 0.544 e. The fourth-order valence-electron chi connectivity index (χ4n) is 2.30. The Morgan fingerprint density at radius 1 is 1.21 bits per heavy atom. The number of carboxylic acids is 1. The number of hydrogen-bond acceptors (Lipinski definition) is 8. The SMILES string of the molecule is CCc1nnc(S/C(=C\c2ccc(OCc3ccc(C#N)cc3)cc2)C(=O)[O-])o1. The second kappa shape index (κ2) is 9.57. The van der Waals surface area contributed by atoms with Crippen LogP contribution in [-0.4, -0.2) is 16.2 Å². The third-order valence-corrected chi connectivity index (χ3v) is 4.66. The highest BCUT2D eigenvalue weighted by Crippen LogP contribution is 2.27. The number of benzene rings is 2. The number of nitrogens with zero attached hydrogens (tertiary/aromatic N) is 3. The van der Waals surface area contributed by atoms with Gasteiger partial charge in [0.2, 0.25) is 5.89 Å². The van der Waals surface area contributed by atoms with Crippen LogP contribution in [0.5, 0.6) is 5.75 Å². The van der Waals surface area contributed by atoms with Gasteiger partial charge in [-0.2, -0.15) is 5.26 Å². The van der Waals surface area contributed by atoms with Crippen LogP contribution < -0.4 is 9.84 Å². The summed E-state index contributed by atoms with van der Waals surface area (Å²) >= 11 is 0.847. The van der Waals surface area contributed by atoms with Crippen molar-refractivity contribution < 1.29 is 19.1 Å². The minimum Gasteiger partial charge on any atom is -0.544 e. The van der Waals surface area contributed by atoms with Crippen LogP contribution in [0.25, 0.3) is 6.08 Å². The molecule has 8 heteroatoms. The minimum absolute atomic E-state index is 0.0393. The highest BCUT2D eigenvalue weighted by atomic mass is 32.2. The maximum atomic E-state index is 11.4. The monoisotopic (exact) mass is 406 g/mol. The number of nitriles is 1. The van der Waals surface area contributed by atoms with E-state index in [1.165, 1.54) is 6.08 Å². The van der Waals surface area contributed by atoms with Crippen LogP contribution >= 0.6 is 11.8 Å². The number of carboxylic acid groups (broad SMARTS) is 1. The number of aromatic nitrogens is 2. The van der Waals surface area contributed by atoms with Crippen LogP contribution in [0, 0.1) is 11.3 Å². The third kappa shape index (κ3) is 5.70. The molecular formula is C21H16N3O4S-. The van der Waals surface area contributed by atoms with Gasteiger partial charge in [-0.05, 0) is 53.2 Å². The molecular weight excluding hydrogens is 390 g/mol. The first-order valence-corrected chi connectivity index (χ1v) is 9.54. The van der Waals surface area contributed by atoms with Crippen molar-refractivity contribution in [3.05, 3.63) is 76.0 Å². The van der Waals surface area contributed by atoms with E-state index in [9.17, 15) is 9.90 Å². The first kappa shape index (κ1) is 20.2. The van der Waals surface area contributed by atoms with Crippen LogP contribution in [0.1, 0.15) is 29.5 Å². The van der Waals surface area contributed by atoms with Crippen molar-refractivity contribution in [3.63, 3.8) is 0 Å². The minimum atomic E-state index is -1.33. The molecule has 0 aliphatic rings. The first-order chi connectivity index (χ1) is 14.1. The summed E-state index contributed by atoms with van der Waals surface area (Å²) in [6, 6.07) is 16.2. The molecule has 0 N–H and O–H groups in total. The van der Waals surface area contributed by atoms with Crippen LogP contribution in [0.15, 0.2) is 63.1 Å². The molecule has 0 amide bonds. The second-order valence-corrected chi connectivity index (χ2v) is 6.87. The average molecular weight is 406 g/mol. The molecule has 0 aliphatic heterocycles.